The van der Waals surface area contributed by atoms with Crippen LogP contribution < -0.4 is 4.90 Å². The van der Waals surface area contributed by atoms with Gasteiger partial charge in [0, 0.05) is 38.1 Å². The fraction of sp³-hybridized carbons (Fsp3) is 0.357. The van der Waals surface area contributed by atoms with Crippen molar-refractivity contribution in [1.82, 2.24) is 9.55 Å². The number of anilines is 1. The van der Waals surface area contributed by atoms with E-state index in [2.05, 4.69) is 4.98 Å². The van der Waals surface area contributed by atoms with Crippen LogP contribution in [0.15, 0.2) is 24.5 Å². The highest BCUT2D eigenvalue weighted by Gasteiger charge is 2.27. The van der Waals surface area contributed by atoms with Gasteiger partial charge in [-0.1, -0.05) is 0 Å². The maximum Gasteiger partial charge on any atom is 0.327 e. The second-order valence-corrected chi connectivity index (χ2v) is 5.04. The summed E-state index contributed by atoms with van der Waals surface area (Å²) < 4.78 is 21.3. The molecule has 0 bridgehead atoms. The van der Waals surface area contributed by atoms with Crippen molar-refractivity contribution < 1.29 is 14.1 Å². The van der Waals surface area contributed by atoms with Crippen LogP contribution in [0.3, 0.4) is 0 Å². The van der Waals surface area contributed by atoms with Crippen LogP contribution in [0, 0.1) is 15.9 Å². The zero-order valence-corrected chi connectivity index (χ0v) is 12.0. The van der Waals surface area contributed by atoms with E-state index in [4.69, 9.17) is 4.74 Å². The van der Waals surface area contributed by atoms with Gasteiger partial charge in [-0.05, 0) is 12.1 Å². The monoisotopic (exact) mass is 306 g/mol. The number of aromatic nitrogens is 2. The average molecular weight is 306 g/mol. The maximum atomic E-state index is 14.3. The Morgan fingerprint density at radius 2 is 2.09 bits per heavy atom. The van der Waals surface area contributed by atoms with Gasteiger partial charge >= 0.3 is 5.69 Å². The quantitative estimate of drug-likeness (QED) is 0.640. The Balaban J connectivity index is 2.13. The minimum absolute atomic E-state index is 0.270. The number of nitro benzene ring substituents is 1. The first-order valence-electron chi connectivity index (χ1n) is 6.86. The van der Waals surface area contributed by atoms with E-state index in [1.54, 1.807) is 35.0 Å². The molecule has 7 nitrogen and oxygen atoms in total. The van der Waals surface area contributed by atoms with E-state index in [1.165, 1.54) is 0 Å². The van der Waals surface area contributed by atoms with Crippen LogP contribution in [0.4, 0.5) is 15.8 Å². The Kier molecular flexibility index (Phi) is 3.76. The molecule has 1 aromatic heterocycles. The number of benzene rings is 1. The van der Waals surface area contributed by atoms with E-state index < -0.39 is 16.4 Å². The predicted molar refractivity (Wildman–Crippen MR) is 78.3 cm³/mol. The Labute approximate surface area is 126 Å². The molecule has 1 aromatic carbocycles. The van der Waals surface area contributed by atoms with Gasteiger partial charge in [0.25, 0.3) is 0 Å². The molecule has 0 aliphatic carbocycles. The first-order chi connectivity index (χ1) is 10.6. The lowest BCUT2D eigenvalue weighted by Crippen LogP contribution is -2.36. The molecular formula is C14H15FN4O3. The highest BCUT2D eigenvalue weighted by atomic mass is 19.1. The average Bonchev–Trinajstić information content (AvgIpc) is 2.93. The van der Waals surface area contributed by atoms with Gasteiger partial charge in [-0.2, -0.15) is 4.39 Å². The Morgan fingerprint density at radius 1 is 1.36 bits per heavy atom. The van der Waals surface area contributed by atoms with Crippen molar-refractivity contribution in [2.75, 3.05) is 31.2 Å². The third-order valence-corrected chi connectivity index (χ3v) is 3.66. The molecule has 116 valence electrons. The third kappa shape index (κ3) is 2.52. The molecule has 3 rings (SSSR count). The van der Waals surface area contributed by atoms with Gasteiger partial charge in [-0.3, -0.25) is 10.1 Å². The largest absolute Gasteiger partial charge is 0.378 e. The molecule has 0 unspecified atom stereocenters. The highest BCUT2D eigenvalue weighted by molar-refractivity contribution is 5.73. The summed E-state index contributed by atoms with van der Waals surface area (Å²) in [5.74, 6) is -0.296. The van der Waals surface area contributed by atoms with Gasteiger partial charge in [0.05, 0.1) is 18.1 Å². The molecule has 1 saturated heterocycles. The first kappa shape index (κ1) is 14.5. The van der Waals surface area contributed by atoms with Crippen LogP contribution in [0.5, 0.6) is 0 Å². The first-order valence-corrected chi connectivity index (χ1v) is 6.86. The molecule has 0 spiro atoms. The van der Waals surface area contributed by atoms with Crippen LogP contribution in [0.25, 0.3) is 11.4 Å². The van der Waals surface area contributed by atoms with Gasteiger partial charge in [-0.25, -0.2) is 4.98 Å². The molecule has 1 aliphatic heterocycles. The van der Waals surface area contributed by atoms with Gasteiger partial charge in [-0.15, -0.1) is 0 Å². The number of ether oxygens (including phenoxy) is 1. The second kappa shape index (κ2) is 5.72. The third-order valence-electron chi connectivity index (χ3n) is 3.66. The highest BCUT2D eigenvalue weighted by Crippen LogP contribution is 2.35. The van der Waals surface area contributed by atoms with E-state index in [9.17, 15) is 14.5 Å². The second-order valence-electron chi connectivity index (χ2n) is 5.04. The summed E-state index contributed by atoms with van der Waals surface area (Å²) in [7, 11) is 1.79. The van der Waals surface area contributed by atoms with Crippen molar-refractivity contribution in [3.05, 3.63) is 40.5 Å². The van der Waals surface area contributed by atoms with Crippen molar-refractivity contribution >= 4 is 11.4 Å². The number of nitrogens with zero attached hydrogens (tertiary/aromatic N) is 4. The van der Waals surface area contributed by atoms with Crippen molar-refractivity contribution in [3.8, 4) is 11.4 Å². The molecular weight excluding hydrogens is 291 g/mol. The zero-order valence-electron chi connectivity index (χ0n) is 12.0. The fourth-order valence-electron chi connectivity index (χ4n) is 2.58. The molecule has 0 N–H and O–H groups in total. The van der Waals surface area contributed by atoms with Gasteiger partial charge < -0.3 is 14.2 Å². The summed E-state index contributed by atoms with van der Waals surface area (Å²) in [5.41, 5.74) is 0.281. The van der Waals surface area contributed by atoms with Crippen LogP contribution in [-0.4, -0.2) is 40.8 Å². The van der Waals surface area contributed by atoms with Crippen LogP contribution in [0.2, 0.25) is 0 Å². The maximum absolute atomic E-state index is 14.3. The summed E-state index contributed by atoms with van der Waals surface area (Å²) in [5, 5.41) is 11.2. The summed E-state index contributed by atoms with van der Waals surface area (Å²) in [6.45, 7) is 1.91. The fourth-order valence-corrected chi connectivity index (χ4v) is 2.58. The molecule has 0 radical (unpaired) electrons. The van der Waals surface area contributed by atoms with Crippen molar-refractivity contribution in [2.45, 2.75) is 0 Å². The lowest BCUT2D eigenvalue weighted by molar-refractivity contribution is -0.386. The SMILES string of the molecule is Cn1ccnc1-c1cc(F)c([N+](=O)[O-])c(N2CCOCC2)c1. The van der Waals surface area contributed by atoms with E-state index >= 15 is 0 Å². The number of nitro groups is 1. The summed E-state index contributed by atoms with van der Waals surface area (Å²) in [6.07, 6.45) is 3.34. The minimum atomic E-state index is -0.855. The van der Waals surface area contributed by atoms with E-state index in [1.807, 2.05) is 0 Å². The van der Waals surface area contributed by atoms with E-state index in [0.29, 0.717) is 37.7 Å². The Hall–Kier alpha value is -2.48. The van der Waals surface area contributed by atoms with Gasteiger partial charge in [0.1, 0.15) is 11.5 Å². The molecule has 2 heterocycles. The molecule has 2 aromatic rings. The van der Waals surface area contributed by atoms with E-state index in [-0.39, 0.29) is 5.69 Å². The number of halogens is 1. The number of morpholine rings is 1. The number of hydrogen-bond donors (Lipinski definition) is 0. The molecule has 8 heteroatoms. The van der Waals surface area contributed by atoms with Crippen LogP contribution in [-0.2, 0) is 11.8 Å². The molecule has 0 amide bonds. The van der Waals surface area contributed by atoms with Gasteiger partial charge in [0.2, 0.25) is 5.82 Å². The molecule has 22 heavy (non-hydrogen) atoms. The number of hydrogen-bond acceptors (Lipinski definition) is 5. The normalized spacial score (nSPS) is 15.1. The van der Waals surface area contributed by atoms with E-state index in [0.717, 1.165) is 6.07 Å². The lowest BCUT2D eigenvalue weighted by Gasteiger charge is -2.28. The molecule has 1 fully saturated rings. The van der Waals surface area contributed by atoms with Crippen molar-refractivity contribution in [3.63, 3.8) is 0 Å². The van der Waals surface area contributed by atoms with Gasteiger partial charge in [0.15, 0.2) is 0 Å². The molecule has 0 saturated carbocycles. The summed E-state index contributed by atoms with van der Waals surface area (Å²) >= 11 is 0. The lowest BCUT2D eigenvalue weighted by atomic mass is 10.1. The summed E-state index contributed by atoms with van der Waals surface area (Å²) in [4.78, 5) is 16.5. The van der Waals surface area contributed by atoms with Crippen LogP contribution in [0.1, 0.15) is 0 Å². The standard InChI is InChI=1S/C14H15FN4O3/c1-17-3-2-16-14(17)10-8-11(15)13(19(20)21)12(9-10)18-4-6-22-7-5-18/h2-3,8-9H,4-7H2,1H3. The number of aryl methyl sites for hydroxylation is 1. The molecule has 0 atom stereocenters. The molecule has 1 aliphatic rings. The minimum Gasteiger partial charge on any atom is -0.378 e. The zero-order chi connectivity index (χ0) is 15.7. The van der Waals surface area contributed by atoms with Crippen molar-refractivity contribution in [2.24, 2.45) is 7.05 Å². The smallest absolute Gasteiger partial charge is 0.327 e. The summed E-state index contributed by atoms with van der Waals surface area (Å²) in [6, 6.07) is 2.78. The number of imidazole rings is 1. The predicted octanol–water partition coefficient (Wildman–Crippen LogP) is 1.97. The van der Waals surface area contributed by atoms with Crippen molar-refractivity contribution in [1.29, 1.82) is 0 Å². The Morgan fingerprint density at radius 3 is 2.68 bits per heavy atom. The van der Waals surface area contributed by atoms with Crippen LogP contribution >= 0.6 is 0 Å². The topological polar surface area (TPSA) is 73.4 Å². The Bertz CT molecular complexity index is 710. The number of rotatable bonds is 3.